The number of unbranched alkanes of at least 4 members (excludes halogenated alkanes) is 7. The first-order valence-electron chi connectivity index (χ1n) is 18.9. The van der Waals surface area contributed by atoms with Gasteiger partial charge in [-0.15, -0.1) is 0 Å². The van der Waals surface area contributed by atoms with Gasteiger partial charge < -0.3 is 28.4 Å². The molecule has 2 aromatic rings. The molecule has 0 radical (unpaired) electrons. The van der Waals surface area contributed by atoms with Crippen LogP contribution >= 0.6 is 0 Å². The first-order valence-corrected chi connectivity index (χ1v) is 18.9. The molecule has 0 fully saturated rings. The lowest BCUT2D eigenvalue weighted by molar-refractivity contribution is -0.139. The molecule has 0 N–H and O–H groups in total. The van der Waals surface area contributed by atoms with E-state index < -0.39 is 11.9 Å². The molecule has 1 heterocycles. The summed E-state index contributed by atoms with van der Waals surface area (Å²) < 4.78 is 34.4. The monoisotopic (exact) mass is 716 g/mol. The number of rotatable bonds is 26. The van der Waals surface area contributed by atoms with Gasteiger partial charge in [-0.05, 0) is 117 Å². The van der Waals surface area contributed by atoms with Crippen LogP contribution in [-0.2, 0) is 41.4 Å². The van der Waals surface area contributed by atoms with Crippen molar-refractivity contribution in [1.29, 1.82) is 0 Å². The van der Waals surface area contributed by atoms with E-state index >= 15 is 0 Å². The van der Waals surface area contributed by atoms with Crippen LogP contribution in [0.4, 0.5) is 0 Å². The highest BCUT2D eigenvalue weighted by atomic mass is 16.7. The SMILES string of the molecule is C=C(C)C(=O)OCCCc1cc(-c2ccc(OCCCCCCCCCC)cc2C)cc(CCCOC(=O)C(=C)C)c1OCOCC1C=COC=C1. The van der Waals surface area contributed by atoms with E-state index in [0.29, 0.717) is 50.0 Å². The van der Waals surface area contributed by atoms with Crippen LogP contribution in [0.25, 0.3) is 11.1 Å². The molecule has 8 heteroatoms. The molecule has 0 aromatic heterocycles. The van der Waals surface area contributed by atoms with Gasteiger partial charge in [0, 0.05) is 17.1 Å². The number of carbonyl (C=O) groups excluding carboxylic acids is 2. The highest BCUT2D eigenvalue weighted by Crippen LogP contribution is 2.35. The van der Waals surface area contributed by atoms with Crippen LogP contribution in [0.1, 0.15) is 102 Å². The van der Waals surface area contributed by atoms with Gasteiger partial charge >= 0.3 is 11.9 Å². The molecule has 0 unspecified atom stereocenters. The van der Waals surface area contributed by atoms with Gasteiger partial charge in [0.1, 0.15) is 11.5 Å². The van der Waals surface area contributed by atoms with Gasteiger partial charge in [-0.3, -0.25) is 0 Å². The Morgan fingerprint density at radius 1 is 0.731 bits per heavy atom. The van der Waals surface area contributed by atoms with E-state index in [1.807, 2.05) is 18.2 Å². The van der Waals surface area contributed by atoms with Crippen molar-refractivity contribution in [3.05, 3.63) is 96.0 Å². The molecule has 0 amide bonds. The average Bonchev–Trinajstić information content (AvgIpc) is 3.13. The Morgan fingerprint density at radius 2 is 1.31 bits per heavy atom. The molecule has 3 rings (SSSR count). The number of carbonyl (C=O) groups is 2. The second-order valence-electron chi connectivity index (χ2n) is 13.6. The Morgan fingerprint density at radius 3 is 1.87 bits per heavy atom. The smallest absolute Gasteiger partial charge is 0.333 e. The van der Waals surface area contributed by atoms with Crippen molar-refractivity contribution >= 4 is 11.9 Å². The molecule has 1 aliphatic heterocycles. The van der Waals surface area contributed by atoms with Crippen molar-refractivity contribution in [2.24, 2.45) is 5.92 Å². The summed E-state index contributed by atoms with van der Waals surface area (Å²) in [6.07, 6.45) is 19.6. The van der Waals surface area contributed by atoms with Crippen LogP contribution in [-0.4, -0.2) is 45.2 Å². The summed E-state index contributed by atoms with van der Waals surface area (Å²) in [6, 6.07) is 10.5. The van der Waals surface area contributed by atoms with E-state index in [-0.39, 0.29) is 25.9 Å². The summed E-state index contributed by atoms with van der Waals surface area (Å²) in [6.45, 7) is 16.7. The number of esters is 2. The highest BCUT2D eigenvalue weighted by molar-refractivity contribution is 5.87. The zero-order chi connectivity index (χ0) is 37.6. The van der Waals surface area contributed by atoms with Gasteiger partial charge in [-0.1, -0.05) is 71.1 Å². The van der Waals surface area contributed by atoms with E-state index in [1.165, 1.54) is 44.9 Å². The number of aryl methyl sites for hydroxylation is 3. The van der Waals surface area contributed by atoms with Crippen LogP contribution in [0.2, 0.25) is 0 Å². The first kappa shape index (κ1) is 42.1. The minimum absolute atomic E-state index is 0.0532. The molecular weight excluding hydrogens is 656 g/mol. The van der Waals surface area contributed by atoms with Gasteiger partial charge in [-0.25, -0.2) is 9.59 Å². The molecule has 0 spiro atoms. The predicted octanol–water partition coefficient (Wildman–Crippen LogP) is 10.3. The third-order valence-corrected chi connectivity index (χ3v) is 8.77. The second-order valence-corrected chi connectivity index (χ2v) is 13.6. The maximum atomic E-state index is 12.0. The predicted molar refractivity (Wildman–Crippen MR) is 207 cm³/mol. The van der Waals surface area contributed by atoms with Crippen LogP contribution in [0.5, 0.6) is 11.5 Å². The third kappa shape index (κ3) is 15.5. The van der Waals surface area contributed by atoms with Gasteiger partial charge in [0.2, 0.25) is 0 Å². The van der Waals surface area contributed by atoms with Crippen molar-refractivity contribution in [2.75, 3.05) is 33.2 Å². The van der Waals surface area contributed by atoms with Crippen LogP contribution in [0.15, 0.2) is 79.3 Å². The van der Waals surface area contributed by atoms with Crippen molar-refractivity contribution in [2.45, 2.75) is 105 Å². The van der Waals surface area contributed by atoms with E-state index in [0.717, 1.165) is 45.7 Å². The zero-order valence-electron chi connectivity index (χ0n) is 32.0. The largest absolute Gasteiger partial charge is 0.494 e. The summed E-state index contributed by atoms with van der Waals surface area (Å²) in [7, 11) is 0. The molecule has 2 aromatic carbocycles. The van der Waals surface area contributed by atoms with Gasteiger partial charge in [0.15, 0.2) is 6.79 Å². The first-order chi connectivity index (χ1) is 25.2. The fourth-order valence-corrected chi connectivity index (χ4v) is 5.84. The third-order valence-electron chi connectivity index (χ3n) is 8.77. The van der Waals surface area contributed by atoms with Crippen molar-refractivity contribution in [3.63, 3.8) is 0 Å². The zero-order valence-corrected chi connectivity index (χ0v) is 32.0. The molecule has 52 heavy (non-hydrogen) atoms. The molecule has 284 valence electrons. The lowest BCUT2D eigenvalue weighted by atomic mass is 9.92. The van der Waals surface area contributed by atoms with Gasteiger partial charge in [-0.2, -0.15) is 0 Å². The van der Waals surface area contributed by atoms with Gasteiger partial charge in [0.25, 0.3) is 0 Å². The maximum absolute atomic E-state index is 12.0. The average molecular weight is 717 g/mol. The normalized spacial score (nSPS) is 12.3. The van der Waals surface area contributed by atoms with Gasteiger partial charge in [0.05, 0.1) is 39.0 Å². The summed E-state index contributed by atoms with van der Waals surface area (Å²) in [4.78, 5) is 24.1. The molecule has 0 atom stereocenters. The van der Waals surface area contributed by atoms with E-state index in [9.17, 15) is 9.59 Å². The number of ether oxygens (including phenoxy) is 6. The lowest BCUT2D eigenvalue weighted by Crippen LogP contribution is -2.13. The quantitative estimate of drug-likeness (QED) is 0.0411. The Labute approximate surface area is 311 Å². The Hall–Kier alpha value is -4.30. The highest BCUT2D eigenvalue weighted by Gasteiger charge is 2.17. The topological polar surface area (TPSA) is 89.5 Å². The fourth-order valence-electron chi connectivity index (χ4n) is 5.84. The minimum Gasteiger partial charge on any atom is -0.494 e. The number of benzene rings is 2. The Balaban J connectivity index is 1.79. The molecular formula is C44H60O8. The van der Waals surface area contributed by atoms with Crippen molar-refractivity contribution < 1.29 is 38.0 Å². The fraction of sp³-hybridized carbons (Fsp3) is 0.500. The maximum Gasteiger partial charge on any atom is 0.333 e. The van der Waals surface area contributed by atoms with Crippen molar-refractivity contribution in [1.82, 2.24) is 0 Å². The van der Waals surface area contributed by atoms with Crippen molar-refractivity contribution in [3.8, 4) is 22.6 Å². The van der Waals surface area contributed by atoms with E-state index in [4.69, 9.17) is 28.4 Å². The number of hydrogen-bond donors (Lipinski definition) is 0. The summed E-state index contributed by atoms with van der Waals surface area (Å²) in [5, 5.41) is 0. The van der Waals surface area contributed by atoms with Crippen LogP contribution < -0.4 is 9.47 Å². The molecule has 0 saturated heterocycles. The van der Waals surface area contributed by atoms with E-state index in [1.54, 1.807) is 26.4 Å². The van der Waals surface area contributed by atoms with E-state index in [2.05, 4.69) is 51.3 Å². The molecule has 8 nitrogen and oxygen atoms in total. The second kappa shape index (κ2) is 24.0. The summed E-state index contributed by atoms with van der Waals surface area (Å²) in [5.74, 6) is 0.886. The summed E-state index contributed by atoms with van der Waals surface area (Å²) in [5.41, 5.74) is 5.92. The number of hydrogen-bond acceptors (Lipinski definition) is 8. The molecule has 0 aliphatic carbocycles. The summed E-state index contributed by atoms with van der Waals surface area (Å²) >= 11 is 0. The van der Waals surface area contributed by atoms with Crippen LogP contribution in [0, 0.1) is 12.8 Å². The van der Waals surface area contributed by atoms with Crippen LogP contribution in [0.3, 0.4) is 0 Å². The Bertz CT molecular complexity index is 1440. The standard InChI is InChI=1S/C44H60O8/c1-7-8-9-10-11-12-13-14-23-49-40-19-20-41(35(6)28-40)39-29-37(17-15-24-50-43(45)33(2)3)42(52-32-48-31-36-21-26-47-27-22-36)38(30-39)18-16-25-51-44(46)34(4)5/h19-22,26-30,36H,2,4,7-18,23-25,31-32H2,1,3,5-6H3. The lowest BCUT2D eigenvalue weighted by Gasteiger charge is -2.20. The molecule has 0 bridgehead atoms. The minimum atomic E-state index is -0.403. The Kier molecular flexibility index (Phi) is 19.5. The molecule has 1 aliphatic rings. The molecule has 0 saturated carbocycles.